The summed E-state index contributed by atoms with van der Waals surface area (Å²) in [5.41, 5.74) is -1.89. The molecule has 38 heavy (non-hydrogen) atoms. The maximum atomic E-state index is 13.7. The molecule has 1 aliphatic rings. The predicted octanol–water partition coefficient (Wildman–Crippen LogP) is 5.06. The molecule has 0 bridgehead atoms. The number of hydrogen-bond acceptors (Lipinski definition) is 4. The third kappa shape index (κ3) is 5.95. The molecule has 200 valence electrons. The van der Waals surface area contributed by atoms with Crippen LogP contribution in [0.5, 0.6) is 0 Å². The molecular formula is C28H29F3N4O3. The van der Waals surface area contributed by atoms with Crippen molar-refractivity contribution < 1.29 is 27.6 Å². The molecular weight excluding hydrogens is 497 g/mol. The Labute approximate surface area is 218 Å². The van der Waals surface area contributed by atoms with Crippen LogP contribution in [0, 0.1) is 0 Å². The number of ketones is 1. The van der Waals surface area contributed by atoms with Gasteiger partial charge >= 0.3 is 6.18 Å². The van der Waals surface area contributed by atoms with Crippen LogP contribution < -0.4 is 5.32 Å². The van der Waals surface area contributed by atoms with Crippen molar-refractivity contribution in [3.8, 4) is 5.69 Å². The largest absolute Gasteiger partial charge is 0.435 e. The summed E-state index contributed by atoms with van der Waals surface area (Å²) in [6.07, 6.45) is 0.379. The number of rotatable bonds is 8. The van der Waals surface area contributed by atoms with Crippen LogP contribution in [-0.4, -0.2) is 50.9 Å². The fourth-order valence-electron chi connectivity index (χ4n) is 4.87. The summed E-state index contributed by atoms with van der Waals surface area (Å²) in [5.74, 6) is -2.31. The maximum absolute atomic E-state index is 13.7. The molecule has 0 saturated heterocycles. The van der Waals surface area contributed by atoms with Crippen LogP contribution in [-0.2, 0) is 11.0 Å². The number of nitrogens with zero attached hydrogens (tertiary/aromatic N) is 3. The lowest BCUT2D eigenvalue weighted by atomic mass is 9.81. The molecule has 7 nitrogen and oxygen atoms in total. The molecule has 0 unspecified atom stereocenters. The Balaban J connectivity index is 1.53. The lowest BCUT2D eigenvalue weighted by Crippen LogP contribution is -2.55. The van der Waals surface area contributed by atoms with Crippen LogP contribution in [0.2, 0.25) is 0 Å². The van der Waals surface area contributed by atoms with Crippen molar-refractivity contribution in [3.05, 3.63) is 83.7 Å². The zero-order valence-electron chi connectivity index (χ0n) is 21.0. The maximum Gasteiger partial charge on any atom is 0.435 e. The number of nitrogens with one attached hydrogen (secondary N) is 1. The van der Waals surface area contributed by atoms with Crippen molar-refractivity contribution in [2.45, 2.75) is 50.7 Å². The van der Waals surface area contributed by atoms with E-state index in [0.29, 0.717) is 18.5 Å². The molecule has 1 aliphatic carbocycles. The van der Waals surface area contributed by atoms with Crippen molar-refractivity contribution in [2.75, 3.05) is 13.1 Å². The molecule has 3 aromatic rings. The number of hydrogen-bond donors (Lipinski definition) is 1. The van der Waals surface area contributed by atoms with Crippen molar-refractivity contribution in [1.82, 2.24) is 20.0 Å². The first kappa shape index (κ1) is 27.1. The molecule has 2 amide bonds. The van der Waals surface area contributed by atoms with E-state index in [1.54, 1.807) is 60.7 Å². The molecule has 0 radical (unpaired) electrons. The van der Waals surface area contributed by atoms with Crippen molar-refractivity contribution in [3.63, 3.8) is 0 Å². The first-order valence-electron chi connectivity index (χ1n) is 12.5. The highest BCUT2D eigenvalue weighted by molar-refractivity contribution is 6.42. The van der Waals surface area contributed by atoms with Crippen molar-refractivity contribution in [2.24, 2.45) is 0 Å². The van der Waals surface area contributed by atoms with Gasteiger partial charge in [-0.3, -0.25) is 14.4 Å². The van der Waals surface area contributed by atoms with Gasteiger partial charge in [-0.1, -0.05) is 67.8 Å². The molecule has 0 atom stereocenters. The zero-order chi connectivity index (χ0) is 27.3. The highest BCUT2D eigenvalue weighted by Crippen LogP contribution is 2.34. The Hall–Kier alpha value is -3.95. The molecule has 4 rings (SSSR count). The summed E-state index contributed by atoms with van der Waals surface area (Å²) in [4.78, 5) is 40.7. The molecule has 1 fully saturated rings. The van der Waals surface area contributed by atoms with E-state index in [-0.39, 0.29) is 18.7 Å². The number of halogens is 3. The Morgan fingerprint density at radius 3 is 2.18 bits per heavy atom. The van der Waals surface area contributed by atoms with E-state index in [2.05, 4.69) is 10.4 Å². The van der Waals surface area contributed by atoms with E-state index < -0.39 is 40.6 Å². The molecule has 0 spiro atoms. The van der Waals surface area contributed by atoms with Gasteiger partial charge in [-0.2, -0.15) is 18.3 Å². The molecule has 1 N–H and O–H groups in total. The van der Waals surface area contributed by atoms with Crippen LogP contribution in [0.15, 0.2) is 66.9 Å². The lowest BCUT2D eigenvalue weighted by Gasteiger charge is -2.44. The van der Waals surface area contributed by atoms with Crippen molar-refractivity contribution >= 4 is 17.6 Å². The van der Waals surface area contributed by atoms with Gasteiger partial charge in [0, 0.05) is 30.4 Å². The third-order valence-electron chi connectivity index (χ3n) is 6.93. The summed E-state index contributed by atoms with van der Waals surface area (Å²) in [5, 5.41) is 6.11. The van der Waals surface area contributed by atoms with Gasteiger partial charge in [0.1, 0.15) is 0 Å². The number of Topliss-reactive ketones (excluding diaryl/α,β-unsaturated/α-hetero) is 1. The molecule has 1 saturated carbocycles. The number of carbonyl (C=O) groups excluding carboxylic acids is 3. The Morgan fingerprint density at radius 1 is 0.974 bits per heavy atom. The fraction of sp³-hybridized carbons (Fsp3) is 0.357. The van der Waals surface area contributed by atoms with Crippen LogP contribution in [0.25, 0.3) is 5.69 Å². The Morgan fingerprint density at radius 2 is 1.58 bits per heavy atom. The first-order valence-corrected chi connectivity index (χ1v) is 12.5. The van der Waals surface area contributed by atoms with Crippen molar-refractivity contribution in [1.29, 1.82) is 0 Å². The fourth-order valence-corrected chi connectivity index (χ4v) is 4.87. The van der Waals surface area contributed by atoms with Crippen LogP contribution >= 0.6 is 0 Å². The number of carbonyl (C=O) groups is 3. The average molecular weight is 527 g/mol. The van der Waals surface area contributed by atoms with E-state index in [1.165, 1.54) is 4.90 Å². The minimum Gasteiger partial charge on any atom is -0.350 e. The van der Waals surface area contributed by atoms with Gasteiger partial charge in [0.15, 0.2) is 5.69 Å². The third-order valence-corrected chi connectivity index (χ3v) is 6.93. The highest BCUT2D eigenvalue weighted by Gasteiger charge is 2.41. The number of benzene rings is 2. The first-order chi connectivity index (χ1) is 18.1. The van der Waals surface area contributed by atoms with Crippen LogP contribution in [0.3, 0.4) is 0 Å². The molecule has 1 heterocycles. The predicted molar refractivity (Wildman–Crippen MR) is 135 cm³/mol. The topological polar surface area (TPSA) is 84.3 Å². The highest BCUT2D eigenvalue weighted by atomic mass is 19.4. The molecule has 10 heteroatoms. The summed E-state index contributed by atoms with van der Waals surface area (Å²) in [6.45, 7) is 1.76. The summed E-state index contributed by atoms with van der Waals surface area (Å²) >= 11 is 0. The monoisotopic (exact) mass is 526 g/mol. The lowest BCUT2D eigenvalue weighted by molar-refractivity contribution is -0.141. The van der Waals surface area contributed by atoms with E-state index in [4.69, 9.17) is 0 Å². The quantitative estimate of drug-likeness (QED) is 0.329. The second kappa shape index (κ2) is 11.2. The van der Waals surface area contributed by atoms with Gasteiger partial charge in [0.25, 0.3) is 11.8 Å². The molecule has 1 aromatic heterocycles. The van der Waals surface area contributed by atoms with Gasteiger partial charge in [-0.25, -0.2) is 4.68 Å². The minimum absolute atomic E-state index is 0.0200. The van der Waals surface area contributed by atoms with E-state index >= 15 is 0 Å². The van der Waals surface area contributed by atoms with E-state index in [0.717, 1.165) is 30.1 Å². The van der Waals surface area contributed by atoms with Gasteiger partial charge in [-0.15, -0.1) is 0 Å². The van der Waals surface area contributed by atoms with Gasteiger partial charge < -0.3 is 10.2 Å². The van der Waals surface area contributed by atoms with Gasteiger partial charge in [-0.05, 0) is 31.9 Å². The van der Waals surface area contributed by atoms with E-state index in [1.807, 2.05) is 6.92 Å². The standard InChI is InChI=1S/C28H29F3N4O3/c1-27(15-9-4-10-16-27)34(26(38)23(36)20-11-5-2-6-12-20)18-17-32-25(37)22-19-35(21-13-7-3-8-14-21)33-24(22)28(29,30)31/h2-3,5-8,11-14,19H,4,9-10,15-18H2,1H3,(H,32,37). The average Bonchev–Trinajstić information content (AvgIpc) is 3.38. The smallest absolute Gasteiger partial charge is 0.350 e. The van der Waals surface area contributed by atoms with Gasteiger partial charge in [0.05, 0.1) is 11.3 Å². The van der Waals surface area contributed by atoms with Gasteiger partial charge in [0.2, 0.25) is 5.78 Å². The number of alkyl halides is 3. The molecule has 0 aliphatic heterocycles. The zero-order valence-corrected chi connectivity index (χ0v) is 21.0. The summed E-state index contributed by atoms with van der Waals surface area (Å²) in [6, 6.07) is 16.4. The Bertz CT molecular complexity index is 1280. The Kier molecular flexibility index (Phi) is 7.99. The minimum atomic E-state index is -4.84. The van der Waals surface area contributed by atoms with Crippen LogP contribution in [0.1, 0.15) is 65.4 Å². The van der Waals surface area contributed by atoms with E-state index in [9.17, 15) is 27.6 Å². The SMILES string of the molecule is CC1(N(CCNC(=O)c2cn(-c3ccccc3)nc2C(F)(F)F)C(=O)C(=O)c2ccccc2)CCCCC1. The number of aromatic nitrogens is 2. The molecule has 2 aromatic carbocycles. The second-order valence-electron chi connectivity index (χ2n) is 9.63. The summed E-state index contributed by atoms with van der Waals surface area (Å²) < 4.78 is 42.1. The van der Waals surface area contributed by atoms with Crippen LogP contribution in [0.4, 0.5) is 13.2 Å². The summed E-state index contributed by atoms with van der Waals surface area (Å²) in [7, 11) is 0. The number of amides is 2. The second-order valence-corrected chi connectivity index (χ2v) is 9.63. The number of para-hydroxylation sites is 1. The normalized spacial score (nSPS) is 15.1.